The maximum Gasteiger partial charge on any atom is 0.396 e. The molecule has 8 heteroatoms. The number of pyridine rings is 1. The molecule has 0 radical (unpaired) electrons. The maximum absolute atomic E-state index is 13.0. The minimum atomic E-state index is -4.30. The van der Waals surface area contributed by atoms with E-state index in [1.807, 2.05) is 0 Å². The summed E-state index contributed by atoms with van der Waals surface area (Å²) < 4.78 is 41.4. The van der Waals surface area contributed by atoms with E-state index in [4.69, 9.17) is 11.6 Å². The number of fused-ring (bicyclic) bond motifs is 1. The maximum atomic E-state index is 13.0. The third-order valence-corrected chi connectivity index (χ3v) is 4.07. The number of hydrogen-bond acceptors (Lipinski definition) is 2. The van der Waals surface area contributed by atoms with E-state index >= 15 is 0 Å². The molecule has 1 aliphatic rings. The molecule has 3 rings (SSSR count). The molecular weight excluding hydrogens is 295 g/mol. The van der Waals surface area contributed by atoms with E-state index in [0.29, 0.717) is 11.2 Å². The molecule has 20 heavy (non-hydrogen) atoms. The van der Waals surface area contributed by atoms with Crippen molar-refractivity contribution in [1.29, 1.82) is 0 Å². The van der Waals surface area contributed by atoms with Crippen LogP contribution in [-0.2, 0) is 13.6 Å². The summed E-state index contributed by atoms with van der Waals surface area (Å²) in [6.07, 6.45) is -4.19. The average Bonchev–Trinajstić information content (AvgIpc) is 3.11. The lowest BCUT2D eigenvalue weighted by atomic mass is 10.1. The highest BCUT2D eigenvalue weighted by Crippen LogP contribution is 2.58. The summed E-state index contributed by atoms with van der Waals surface area (Å²) in [4.78, 5) is 16.1. The predicted molar refractivity (Wildman–Crippen MR) is 67.7 cm³/mol. The highest BCUT2D eigenvalue weighted by Gasteiger charge is 2.63. The summed E-state index contributed by atoms with van der Waals surface area (Å²) in [5.74, 6) is 0. The molecule has 2 aromatic rings. The van der Waals surface area contributed by atoms with Gasteiger partial charge in [0.15, 0.2) is 5.65 Å². The molecule has 4 nitrogen and oxygen atoms in total. The molecule has 2 heterocycles. The Kier molecular flexibility index (Phi) is 2.70. The fourth-order valence-corrected chi connectivity index (χ4v) is 2.53. The van der Waals surface area contributed by atoms with Gasteiger partial charge in [0.05, 0.1) is 10.9 Å². The van der Waals surface area contributed by atoms with Gasteiger partial charge in [-0.2, -0.15) is 13.2 Å². The van der Waals surface area contributed by atoms with E-state index in [1.165, 1.54) is 23.7 Å². The van der Waals surface area contributed by atoms with E-state index in [1.54, 1.807) is 0 Å². The van der Waals surface area contributed by atoms with Crippen LogP contribution in [0.15, 0.2) is 16.9 Å². The van der Waals surface area contributed by atoms with E-state index in [2.05, 4.69) is 4.98 Å². The molecule has 1 fully saturated rings. The van der Waals surface area contributed by atoms with Gasteiger partial charge in [0.1, 0.15) is 5.15 Å². The number of aryl methyl sites for hydroxylation is 1. The predicted octanol–water partition coefficient (Wildman–Crippen LogP) is 2.73. The average molecular weight is 306 g/mol. The normalized spacial score (nSPS) is 17.6. The Morgan fingerprint density at radius 1 is 1.40 bits per heavy atom. The molecule has 0 unspecified atom stereocenters. The fraction of sp³-hybridized carbons (Fsp3) is 0.500. The largest absolute Gasteiger partial charge is 0.396 e. The van der Waals surface area contributed by atoms with Crippen molar-refractivity contribution in [2.24, 2.45) is 12.5 Å². The Morgan fingerprint density at radius 3 is 2.60 bits per heavy atom. The second kappa shape index (κ2) is 4.00. The number of halogens is 4. The van der Waals surface area contributed by atoms with Crippen LogP contribution in [0, 0.1) is 5.41 Å². The Hall–Kier alpha value is -1.50. The first-order chi connectivity index (χ1) is 9.25. The van der Waals surface area contributed by atoms with E-state index in [-0.39, 0.29) is 24.5 Å². The standard InChI is InChI=1S/C12H11ClF3N3O/c1-18-9-7(2-3-8(13)17-9)19(10(18)20)6-11(4-5-11)12(14,15)16/h2-3H,4-6H2,1H3. The molecule has 2 aromatic heterocycles. The molecule has 0 atom stereocenters. The second-order valence-corrected chi connectivity index (χ2v) is 5.57. The number of rotatable bonds is 2. The lowest BCUT2D eigenvalue weighted by Crippen LogP contribution is -2.33. The van der Waals surface area contributed by atoms with Gasteiger partial charge >= 0.3 is 11.9 Å². The lowest BCUT2D eigenvalue weighted by molar-refractivity contribution is -0.190. The van der Waals surface area contributed by atoms with Gasteiger partial charge < -0.3 is 0 Å². The molecule has 1 aliphatic carbocycles. The molecule has 0 amide bonds. The van der Waals surface area contributed by atoms with Crippen LogP contribution in [0.5, 0.6) is 0 Å². The van der Waals surface area contributed by atoms with Crippen LogP contribution in [0.25, 0.3) is 11.2 Å². The molecule has 0 aromatic carbocycles. The van der Waals surface area contributed by atoms with Crippen molar-refractivity contribution in [2.45, 2.75) is 25.6 Å². The summed E-state index contributed by atoms with van der Waals surface area (Å²) in [7, 11) is 1.47. The van der Waals surface area contributed by atoms with Crippen LogP contribution in [0.3, 0.4) is 0 Å². The Bertz CT molecular complexity index is 743. The van der Waals surface area contributed by atoms with Crippen molar-refractivity contribution in [1.82, 2.24) is 14.1 Å². The van der Waals surface area contributed by atoms with Gasteiger partial charge in [-0.05, 0) is 25.0 Å². The van der Waals surface area contributed by atoms with E-state index in [9.17, 15) is 18.0 Å². The zero-order chi connectivity index (χ0) is 14.7. The highest BCUT2D eigenvalue weighted by molar-refractivity contribution is 6.29. The summed E-state index contributed by atoms with van der Waals surface area (Å²) in [5, 5.41) is 0.196. The van der Waals surface area contributed by atoms with Crippen LogP contribution in [0.4, 0.5) is 13.2 Å². The van der Waals surface area contributed by atoms with Gasteiger partial charge in [-0.25, -0.2) is 9.78 Å². The van der Waals surface area contributed by atoms with Gasteiger partial charge in [0.25, 0.3) is 0 Å². The quantitative estimate of drug-likeness (QED) is 0.800. The molecule has 0 spiro atoms. The third-order valence-electron chi connectivity index (χ3n) is 3.86. The lowest BCUT2D eigenvalue weighted by Gasteiger charge is -2.19. The molecular formula is C12H11ClF3N3O. The third kappa shape index (κ3) is 1.83. The van der Waals surface area contributed by atoms with E-state index < -0.39 is 17.3 Å². The fourth-order valence-electron chi connectivity index (χ4n) is 2.39. The number of hydrogen-bond donors (Lipinski definition) is 0. The SMILES string of the molecule is Cn1c(=O)n(CC2(C(F)(F)F)CC2)c2ccc(Cl)nc21. The monoisotopic (exact) mass is 305 g/mol. The molecule has 108 valence electrons. The van der Waals surface area contributed by atoms with Crippen molar-refractivity contribution in [3.05, 3.63) is 27.8 Å². The Morgan fingerprint density at radius 2 is 2.05 bits per heavy atom. The minimum absolute atomic E-state index is 0.0559. The number of nitrogens with zero attached hydrogens (tertiary/aromatic N) is 3. The molecule has 1 saturated carbocycles. The first-order valence-electron chi connectivity index (χ1n) is 6.04. The van der Waals surface area contributed by atoms with Gasteiger partial charge in [-0.15, -0.1) is 0 Å². The minimum Gasteiger partial charge on any atom is -0.289 e. The zero-order valence-corrected chi connectivity index (χ0v) is 11.3. The van der Waals surface area contributed by atoms with Crippen molar-refractivity contribution in [2.75, 3.05) is 0 Å². The van der Waals surface area contributed by atoms with Crippen LogP contribution in [-0.4, -0.2) is 20.3 Å². The molecule has 0 saturated heterocycles. The molecule has 0 N–H and O–H groups in total. The number of aromatic nitrogens is 3. The first kappa shape index (κ1) is 13.5. The van der Waals surface area contributed by atoms with E-state index in [0.717, 1.165) is 4.57 Å². The van der Waals surface area contributed by atoms with Gasteiger partial charge in [0.2, 0.25) is 0 Å². The molecule has 0 aliphatic heterocycles. The van der Waals surface area contributed by atoms with Crippen LogP contribution in [0.1, 0.15) is 12.8 Å². The van der Waals surface area contributed by atoms with Gasteiger partial charge in [-0.1, -0.05) is 11.6 Å². The smallest absolute Gasteiger partial charge is 0.289 e. The number of alkyl halides is 3. The summed E-state index contributed by atoms with van der Waals surface area (Å²) >= 11 is 5.75. The van der Waals surface area contributed by atoms with Gasteiger partial charge in [0, 0.05) is 13.6 Å². The van der Waals surface area contributed by atoms with Crippen LogP contribution < -0.4 is 5.69 Å². The summed E-state index contributed by atoms with van der Waals surface area (Å²) in [6, 6.07) is 2.99. The number of imidazole rings is 1. The van der Waals surface area contributed by atoms with Crippen molar-refractivity contribution in [3.8, 4) is 0 Å². The highest BCUT2D eigenvalue weighted by atomic mass is 35.5. The summed E-state index contributed by atoms with van der Waals surface area (Å²) in [5.41, 5.74) is -1.62. The zero-order valence-electron chi connectivity index (χ0n) is 10.5. The topological polar surface area (TPSA) is 39.8 Å². The first-order valence-corrected chi connectivity index (χ1v) is 6.41. The van der Waals surface area contributed by atoms with Crippen molar-refractivity contribution in [3.63, 3.8) is 0 Å². The summed E-state index contributed by atoms with van der Waals surface area (Å²) in [6.45, 7) is -0.365. The molecule has 0 bridgehead atoms. The second-order valence-electron chi connectivity index (χ2n) is 5.18. The van der Waals surface area contributed by atoms with Crippen LogP contribution >= 0.6 is 11.6 Å². The van der Waals surface area contributed by atoms with Gasteiger partial charge in [-0.3, -0.25) is 9.13 Å². The van der Waals surface area contributed by atoms with Crippen molar-refractivity contribution >= 4 is 22.8 Å². The van der Waals surface area contributed by atoms with Crippen LogP contribution in [0.2, 0.25) is 5.15 Å². The Balaban J connectivity index is 2.14. The van der Waals surface area contributed by atoms with Crippen molar-refractivity contribution < 1.29 is 13.2 Å². The Labute approximate surface area is 116 Å².